The Morgan fingerprint density at radius 2 is 1.94 bits per heavy atom. The second kappa shape index (κ2) is 5.45. The number of benzene rings is 1. The Balaban J connectivity index is 2.43. The summed E-state index contributed by atoms with van der Waals surface area (Å²) >= 11 is 2.04. The summed E-state index contributed by atoms with van der Waals surface area (Å²) in [6.07, 6.45) is 2.57. The highest BCUT2D eigenvalue weighted by molar-refractivity contribution is 7.99. The largest absolute Gasteiger partial charge is 0.308 e. The molecule has 0 amide bonds. The molecule has 94 valence electrons. The van der Waals surface area contributed by atoms with Crippen LogP contribution >= 0.6 is 11.8 Å². The molecule has 1 aliphatic rings. The van der Waals surface area contributed by atoms with Crippen LogP contribution in [0, 0.1) is 13.8 Å². The Kier molecular flexibility index (Phi) is 4.16. The Bertz CT molecular complexity index is 398. The number of thioether (sulfide) groups is 1. The van der Waals surface area contributed by atoms with Gasteiger partial charge in [0.15, 0.2) is 0 Å². The molecule has 1 unspecified atom stereocenters. The van der Waals surface area contributed by atoms with Crippen LogP contribution < -0.4 is 5.32 Å². The van der Waals surface area contributed by atoms with E-state index in [0.717, 1.165) is 0 Å². The van der Waals surface area contributed by atoms with Crippen LogP contribution in [-0.2, 0) is 0 Å². The molecule has 0 spiro atoms. The monoisotopic (exact) mass is 249 g/mol. The first-order valence-electron chi connectivity index (χ1n) is 6.58. The van der Waals surface area contributed by atoms with Crippen LogP contribution in [0.15, 0.2) is 17.0 Å². The molecule has 2 heteroatoms. The van der Waals surface area contributed by atoms with Crippen LogP contribution in [0.25, 0.3) is 0 Å². The number of fused-ring (bicyclic) bond motifs is 1. The van der Waals surface area contributed by atoms with Gasteiger partial charge in [0.1, 0.15) is 0 Å². The smallest absolute Gasteiger partial charge is 0.0336 e. The van der Waals surface area contributed by atoms with Crippen molar-refractivity contribution in [2.75, 3.05) is 5.75 Å². The average molecular weight is 249 g/mol. The molecule has 17 heavy (non-hydrogen) atoms. The van der Waals surface area contributed by atoms with Gasteiger partial charge in [-0.25, -0.2) is 0 Å². The molecule has 1 aliphatic heterocycles. The second-order valence-electron chi connectivity index (χ2n) is 5.31. The number of aryl methyl sites for hydroxylation is 2. The molecule has 1 aromatic rings. The van der Waals surface area contributed by atoms with E-state index in [1.807, 2.05) is 11.8 Å². The van der Waals surface area contributed by atoms with Crippen molar-refractivity contribution in [3.8, 4) is 0 Å². The summed E-state index contributed by atoms with van der Waals surface area (Å²) in [5.74, 6) is 1.26. The van der Waals surface area contributed by atoms with Crippen LogP contribution in [-0.4, -0.2) is 11.8 Å². The number of hydrogen-bond donors (Lipinski definition) is 1. The standard InChI is InChI=1S/C15H23NS/c1-10(2)16-13-6-5-9-17-15-12(4)8-7-11(3)14(13)15/h7-8,10,13,16H,5-6,9H2,1-4H3. The van der Waals surface area contributed by atoms with Crippen LogP contribution in [0.1, 0.15) is 49.4 Å². The van der Waals surface area contributed by atoms with Gasteiger partial charge >= 0.3 is 0 Å². The zero-order valence-electron chi connectivity index (χ0n) is 11.3. The predicted octanol–water partition coefficient (Wildman–Crippen LogP) is 4.23. The van der Waals surface area contributed by atoms with Crippen LogP contribution in [0.2, 0.25) is 0 Å². The first-order chi connectivity index (χ1) is 8.09. The van der Waals surface area contributed by atoms with Gasteiger partial charge in [0, 0.05) is 17.0 Å². The Hall–Kier alpha value is -0.470. The van der Waals surface area contributed by atoms with E-state index in [2.05, 4.69) is 45.1 Å². The first kappa shape index (κ1) is 13.0. The van der Waals surface area contributed by atoms with E-state index in [1.165, 1.54) is 34.6 Å². The van der Waals surface area contributed by atoms with Gasteiger partial charge in [-0.1, -0.05) is 26.0 Å². The second-order valence-corrected chi connectivity index (χ2v) is 6.41. The molecule has 0 fully saturated rings. The molecule has 0 radical (unpaired) electrons. The van der Waals surface area contributed by atoms with E-state index in [9.17, 15) is 0 Å². The van der Waals surface area contributed by atoms with E-state index in [-0.39, 0.29) is 0 Å². The summed E-state index contributed by atoms with van der Waals surface area (Å²) in [5, 5.41) is 3.73. The minimum atomic E-state index is 0.542. The van der Waals surface area contributed by atoms with Gasteiger partial charge in [-0.2, -0.15) is 0 Å². The zero-order chi connectivity index (χ0) is 12.4. The summed E-state index contributed by atoms with van der Waals surface area (Å²) in [6.45, 7) is 8.97. The van der Waals surface area contributed by atoms with Crippen molar-refractivity contribution in [1.82, 2.24) is 5.32 Å². The maximum atomic E-state index is 3.73. The summed E-state index contributed by atoms with van der Waals surface area (Å²) < 4.78 is 0. The van der Waals surface area contributed by atoms with Crippen molar-refractivity contribution >= 4 is 11.8 Å². The number of hydrogen-bond acceptors (Lipinski definition) is 2. The first-order valence-corrected chi connectivity index (χ1v) is 7.57. The SMILES string of the molecule is Cc1ccc(C)c2c1SCCCC2NC(C)C. The van der Waals surface area contributed by atoms with Crippen LogP contribution in [0.5, 0.6) is 0 Å². The molecule has 1 atom stereocenters. The molecule has 0 aliphatic carbocycles. The predicted molar refractivity (Wildman–Crippen MR) is 76.9 cm³/mol. The lowest BCUT2D eigenvalue weighted by molar-refractivity contribution is 0.446. The Morgan fingerprint density at radius 3 is 2.65 bits per heavy atom. The van der Waals surface area contributed by atoms with Crippen LogP contribution in [0.3, 0.4) is 0 Å². The highest BCUT2D eigenvalue weighted by Gasteiger charge is 2.22. The van der Waals surface area contributed by atoms with E-state index in [4.69, 9.17) is 0 Å². The van der Waals surface area contributed by atoms with E-state index in [0.29, 0.717) is 12.1 Å². The molecule has 0 saturated carbocycles. The molecule has 1 nitrogen and oxygen atoms in total. The van der Waals surface area contributed by atoms with E-state index < -0.39 is 0 Å². The topological polar surface area (TPSA) is 12.0 Å². The normalized spacial score (nSPS) is 20.2. The minimum absolute atomic E-state index is 0.542. The molecule has 0 bridgehead atoms. The van der Waals surface area contributed by atoms with Gasteiger partial charge in [0.2, 0.25) is 0 Å². The van der Waals surface area contributed by atoms with Gasteiger partial charge in [-0.3, -0.25) is 0 Å². The molecule has 1 aromatic carbocycles. The third kappa shape index (κ3) is 2.86. The Morgan fingerprint density at radius 1 is 1.24 bits per heavy atom. The van der Waals surface area contributed by atoms with Crippen molar-refractivity contribution in [3.63, 3.8) is 0 Å². The summed E-state index contributed by atoms with van der Waals surface area (Å²) in [5.41, 5.74) is 4.44. The van der Waals surface area contributed by atoms with Gasteiger partial charge in [-0.15, -0.1) is 11.8 Å². The fourth-order valence-electron chi connectivity index (χ4n) is 2.61. The number of rotatable bonds is 2. The molecule has 1 N–H and O–H groups in total. The molecule has 1 heterocycles. The van der Waals surface area contributed by atoms with Crippen molar-refractivity contribution in [3.05, 3.63) is 28.8 Å². The van der Waals surface area contributed by atoms with Gasteiger partial charge in [-0.05, 0) is 49.1 Å². The van der Waals surface area contributed by atoms with Gasteiger partial charge in [0.25, 0.3) is 0 Å². The van der Waals surface area contributed by atoms with E-state index in [1.54, 1.807) is 5.56 Å². The quantitative estimate of drug-likeness (QED) is 0.842. The van der Waals surface area contributed by atoms with Crippen molar-refractivity contribution < 1.29 is 0 Å². The van der Waals surface area contributed by atoms with E-state index >= 15 is 0 Å². The fourth-order valence-corrected chi connectivity index (χ4v) is 3.88. The summed E-state index contributed by atoms with van der Waals surface area (Å²) in [7, 11) is 0. The lowest BCUT2D eigenvalue weighted by atomic mass is 9.95. The van der Waals surface area contributed by atoms with Crippen LogP contribution in [0.4, 0.5) is 0 Å². The maximum absolute atomic E-state index is 3.73. The highest BCUT2D eigenvalue weighted by atomic mass is 32.2. The fraction of sp³-hybridized carbons (Fsp3) is 0.600. The lowest BCUT2D eigenvalue weighted by Gasteiger charge is -2.24. The Labute approximate surface area is 109 Å². The maximum Gasteiger partial charge on any atom is 0.0336 e. The minimum Gasteiger partial charge on any atom is -0.308 e. The van der Waals surface area contributed by atoms with Gasteiger partial charge in [0.05, 0.1) is 0 Å². The van der Waals surface area contributed by atoms with Crippen molar-refractivity contribution in [2.45, 2.75) is 57.5 Å². The average Bonchev–Trinajstić information content (AvgIpc) is 2.46. The molecular formula is C15H23NS. The third-order valence-corrected chi connectivity index (χ3v) is 4.70. The molecule has 0 aromatic heterocycles. The zero-order valence-corrected chi connectivity index (χ0v) is 12.2. The molecule has 2 rings (SSSR count). The van der Waals surface area contributed by atoms with Crippen molar-refractivity contribution in [1.29, 1.82) is 0 Å². The highest BCUT2D eigenvalue weighted by Crippen LogP contribution is 2.38. The molecule has 0 saturated heterocycles. The molecular weight excluding hydrogens is 226 g/mol. The summed E-state index contributed by atoms with van der Waals surface area (Å²) in [4.78, 5) is 1.53. The van der Waals surface area contributed by atoms with Crippen molar-refractivity contribution in [2.24, 2.45) is 0 Å². The third-order valence-electron chi connectivity index (χ3n) is 3.38. The lowest BCUT2D eigenvalue weighted by Crippen LogP contribution is -2.28. The number of nitrogens with one attached hydrogen (secondary N) is 1. The summed E-state index contributed by atoms with van der Waals surface area (Å²) in [6, 6.07) is 5.63. The van der Waals surface area contributed by atoms with Gasteiger partial charge < -0.3 is 5.32 Å².